The summed E-state index contributed by atoms with van der Waals surface area (Å²) in [6.07, 6.45) is 6.77. The van der Waals surface area contributed by atoms with E-state index in [9.17, 15) is 0 Å². The highest BCUT2D eigenvalue weighted by atomic mass is 32.2. The fourth-order valence-electron chi connectivity index (χ4n) is 3.83. The largest absolute Gasteiger partial charge is 0.491 e. The Balaban J connectivity index is 0.00000361. The SMILES string of the molecule is C.CN=C/C(=C\N)c1cc(OCC2(N(C)C)COC2)c2c(Nc3ccc(N)c(SC)c3)ncnc2c1. The van der Waals surface area contributed by atoms with Crippen molar-refractivity contribution < 1.29 is 9.47 Å². The van der Waals surface area contributed by atoms with Gasteiger partial charge in [0.15, 0.2) is 0 Å². The molecule has 192 valence electrons. The Labute approximate surface area is 217 Å². The molecule has 10 heteroatoms. The fraction of sp³-hybridized carbons (Fsp3) is 0.346. The van der Waals surface area contributed by atoms with E-state index in [1.165, 1.54) is 12.5 Å². The third-order valence-electron chi connectivity index (χ3n) is 6.17. The smallest absolute Gasteiger partial charge is 0.145 e. The monoisotopic (exact) mass is 509 g/mol. The molecule has 9 nitrogen and oxygen atoms in total. The van der Waals surface area contributed by atoms with Gasteiger partial charge in [0.25, 0.3) is 0 Å². The van der Waals surface area contributed by atoms with Gasteiger partial charge in [0.05, 0.1) is 24.1 Å². The van der Waals surface area contributed by atoms with Gasteiger partial charge in [0.1, 0.15) is 30.0 Å². The predicted octanol–water partition coefficient (Wildman–Crippen LogP) is 4.02. The maximum absolute atomic E-state index is 6.47. The number of hydrogen-bond donors (Lipinski definition) is 3. The van der Waals surface area contributed by atoms with Crippen LogP contribution in [0.4, 0.5) is 17.2 Å². The molecule has 0 amide bonds. The van der Waals surface area contributed by atoms with Gasteiger partial charge >= 0.3 is 0 Å². The van der Waals surface area contributed by atoms with Crippen LogP contribution in [0.3, 0.4) is 0 Å². The van der Waals surface area contributed by atoms with Gasteiger partial charge in [-0.05, 0) is 56.2 Å². The van der Waals surface area contributed by atoms with Crippen LogP contribution < -0.4 is 21.5 Å². The number of thioether (sulfide) groups is 1. The number of nitrogen functional groups attached to an aromatic ring is 1. The number of benzene rings is 2. The molecule has 2 heterocycles. The molecule has 1 aliphatic heterocycles. The average molecular weight is 510 g/mol. The van der Waals surface area contributed by atoms with Crippen LogP contribution in [0.1, 0.15) is 13.0 Å². The lowest BCUT2D eigenvalue weighted by atomic mass is 9.97. The van der Waals surface area contributed by atoms with E-state index in [4.69, 9.17) is 20.9 Å². The van der Waals surface area contributed by atoms with Gasteiger partial charge in [-0.1, -0.05) is 7.43 Å². The van der Waals surface area contributed by atoms with Gasteiger partial charge in [-0.2, -0.15) is 0 Å². The van der Waals surface area contributed by atoms with Crippen molar-refractivity contribution in [2.75, 3.05) is 58.3 Å². The van der Waals surface area contributed by atoms with Crippen LogP contribution in [-0.4, -0.2) is 73.8 Å². The molecule has 0 aliphatic carbocycles. The van der Waals surface area contributed by atoms with Crippen molar-refractivity contribution in [2.24, 2.45) is 10.7 Å². The summed E-state index contributed by atoms with van der Waals surface area (Å²) in [5.74, 6) is 1.29. The van der Waals surface area contributed by atoms with Crippen LogP contribution >= 0.6 is 11.8 Å². The van der Waals surface area contributed by atoms with Crippen LogP contribution in [0, 0.1) is 0 Å². The van der Waals surface area contributed by atoms with E-state index in [-0.39, 0.29) is 13.0 Å². The standard InChI is InChI=1S/C25H31N7O2S.CH4/c1-28-11-17(10-26)16-7-20-23(21(8-16)34-14-25(32(2)3)12-33-13-25)24(30-15-29-20)31-18-5-6-19(27)22(9-18)35-4;/h5-11,15H,12-14,26-27H2,1-4H3,(H,29,30,31);1H4/b17-10+,28-11?;. The maximum Gasteiger partial charge on any atom is 0.145 e. The van der Waals surface area contributed by atoms with Crippen molar-refractivity contribution in [3.05, 3.63) is 48.4 Å². The van der Waals surface area contributed by atoms with E-state index < -0.39 is 0 Å². The minimum absolute atomic E-state index is 0. The number of nitrogens with two attached hydrogens (primary N) is 2. The lowest BCUT2D eigenvalue weighted by Gasteiger charge is -2.46. The zero-order valence-electron chi connectivity index (χ0n) is 20.4. The maximum atomic E-state index is 6.47. The molecule has 4 rings (SSSR count). The number of likely N-dealkylation sites (N-methyl/N-ethyl adjacent to an activating group) is 1. The van der Waals surface area contributed by atoms with E-state index in [2.05, 4.69) is 25.2 Å². The number of aliphatic imine (C=N–C) groups is 1. The summed E-state index contributed by atoms with van der Waals surface area (Å²) in [5.41, 5.74) is 15.7. The topological polar surface area (TPSA) is 124 Å². The second kappa shape index (κ2) is 11.6. The average Bonchev–Trinajstić information content (AvgIpc) is 2.82. The van der Waals surface area contributed by atoms with E-state index in [1.807, 2.05) is 50.7 Å². The number of allylic oxidation sites excluding steroid dienone is 1. The molecule has 0 unspecified atom stereocenters. The number of fused-ring (bicyclic) bond motifs is 1. The zero-order valence-corrected chi connectivity index (χ0v) is 21.2. The molecular weight excluding hydrogens is 474 g/mol. The number of nitrogens with one attached hydrogen (secondary N) is 1. The van der Waals surface area contributed by atoms with Crippen molar-refractivity contribution >= 4 is 51.6 Å². The molecular formula is C26H35N7O2S. The summed E-state index contributed by atoms with van der Waals surface area (Å²) in [4.78, 5) is 16.3. The van der Waals surface area contributed by atoms with Crippen LogP contribution in [0.5, 0.6) is 5.75 Å². The molecule has 1 fully saturated rings. The van der Waals surface area contributed by atoms with Gasteiger partial charge < -0.3 is 26.3 Å². The van der Waals surface area contributed by atoms with Crippen LogP contribution in [-0.2, 0) is 4.74 Å². The Hall–Kier alpha value is -3.34. The number of rotatable bonds is 9. The summed E-state index contributed by atoms with van der Waals surface area (Å²) in [7, 11) is 5.78. The van der Waals surface area contributed by atoms with Gasteiger partial charge in [-0.3, -0.25) is 9.89 Å². The molecule has 0 radical (unpaired) electrons. The molecule has 3 aromatic rings. The van der Waals surface area contributed by atoms with Gasteiger partial charge in [0.2, 0.25) is 0 Å². The Morgan fingerprint density at radius 1 is 1.28 bits per heavy atom. The molecule has 0 saturated carbocycles. The second-order valence-electron chi connectivity index (χ2n) is 8.58. The van der Waals surface area contributed by atoms with Crippen molar-refractivity contribution in [1.29, 1.82) is 0 Å². The summed E-state index contributed by atoms with van der Waals surface area (Å²) in [6, 6.07) is 9.73. The Morgan fingerprint density at radius 3 is 2.67 bits per heavy atom. The van der Waals surface area contributed by atoms with Crippen molar-refractivity contribution in [3.8, 4) is 5.75 Å². The Morgan fingerprint density at radius 2 is 2.06 bits per heavy atom. The third kappa shape index (κ3) is 5.40. The first kappa shape index (κ1) is 27.3. The highest BCUT2D eigenvalue weighted by molar-refractivity contribution is 7.98. The quantitative estimate of drug-likeness (QED) is 0.223. The molecule has 2 aromatic carbocycles. The summed E-state index contributed by atoms with van der Waals surface area (Å²) in [5, 5.41) is 4.20. The molecule has 1 aromatic heterocycles. The minimum atomic E-state index is -0.187. The summed E-state index contributed by atoms with van der Waals surface area (Å²) in [6.45, 7) is 1.67. The second-order valence-corrected chi connectivity index (χ2v) is 9.43. The highest BCUT2D eigenvalue weighted by Gasteiger charge is 2.42. The van der Waals surface area contributed by atoms with Crippen molar-refractivity contribution in [1.82, 2.24) is 14.9 Å². The van der Waals surface area contributed by atoms with E-state index in [1.54, 1.807) is 25.0 Å². The first-order chi connectivity index (χ1) is 16.9. The Bertz CT molecular complexity index is 1270. The van der Waals surface area contributed by atoms with E-state index in [0.717, 1.165) is 38.3 Å². The van der Waals surface area contributed by atoms with Crippen LogP contribution in [0.25, 0.3) is 16.5 Å². The molecule has 0 spiro atoms. The molecule has 0 bridgehead atoms. The third-order valence-corrected chi connectivity index (χ3v) is 6.96. The van der Waals surface area contributed by atoms with Crippen LogP contribution in [0.2, 0.25) is 0 Å². The first-order valence-corrected chi connectivity index (χ1v) is 12.3. The van der Waals surface area contributed by atoms with E-state index >= 15 is 0 Å². The number of hydrogen-bond acceptors (Lipinski definition) is 10. The van der Waals surface area contributed by atoms with Crippen molar-refractivity contribution in [2.45, 2.75) is 17.9 Å². The normalized spacial score (nSPS) is 15.1. The number of ether oxygens (including phenoxy) is 2. The Kier molecular flexibility index (Phi) is 8.78. The lowest BCUT2D eigenvalue weighted by Crippen LogP contribution is -2.63. The van der Waals surface area contributed by atoms with E-state index in [0.29, 0.717) is 31.4 Å². The zero-order chi connectivity index (χ0) is 25.0. The van der Waals surface area contributed by atoms with Crippen molar-refractivity contribution in [3.63, 3.8) is 0 Å². The number of nitrogens with zero attached hydrogens (tertiary/aromatic N) is 4. The molecule has 5 N–H and O–H groups in total. The number of anilines is 3. The van der Waals surface area contributed by atoms with Crippen LogP contribution in [0.15, 0.2) is 52.7 Å². The fourth-order valence-corrected chi connectivity index (χ4v) is 4.38. The summed E-state index contributed by atoms with van der Waals surface area (Å²) < 4.78 is 12.0. The minimum Gasteiger partial charge on any atom is -0.491 e. The predicted molar refractivity (Wildman–Crippen MR) is 151 cm³/mol. The highest BCUT2D eigenvalue weighted by Crippen LogP contribution is 2.36. The van der Waals surface area contributed by atoms with Gasteiger partial charge in [-0.25, -0.2) is 9.97 Å². The number of aromatic nitrogens is 2. The van der Waals surface area contributed by atoms with Gasteiger partial charge in [-0.15, -0.1) is 11.8 Å². The first-order valence-electron chi connectivity index (χ1n) is 11.1. The summed E-state index contributed by atoms with van der Waals surface area (Å²) >= 11 is 1.59. The molecule has 1 aliphatic rings. The molecule has 0 atom stereocenters. The molecule has 1 saturated heterocycles. The lowest BCUT2D eigenvalue weighted by molar-refractivity contribution is -0.140. The molecule has 36 heavy (non-hydrogen) atoms. The van der Waals surface area contributed by atoms with Gasteiger partial charge in [0, 0.05) is 41.3 Å².